The Morgan fingerprint density at radius 3 is 2.95 bits per heavy atom. The zero-order chi connectivity index (χ0) is 14.1. The minimum Gasteiger partial charge on any atom is -0.360 e. The summed E-state index contributed by atoms with van der Waals surface area (Å²) in [6.45, 7) is 3.96. The fraction of sp³-hybridized carbons (Fsp3) is 0.214. The summed E-state index contributed by atoms with van der Waals surface area (Å²) in [6, 6.07) is 7.83. The quantitative estimate of drug-likeness (QED) is 0.803. The van der Waals surface area contributed by atoms with Crippen molar-refractivity contribution < 1.29 is 0 Å². The van der Waals surface area contributed by atoms with Crippen molar-refractivity contribution in [3.05, 3.63) is 53.1 Å². The van der Waals surface area contributed by atoms with Crippen molar-refractivity contribution in [1.82, 2.24) is 19.6 Å². The van der Waals surface area contributed by atoms with E-state index < -0.39 is 0 Å². The fourth-order valence-corrected chi connectivity index (χ4v) is 2.31. The highest BCUT2D eigenvalue weighted by Crippen LogP contribution is 2.22. The number of hydrogen-bond acceptors (Lipinski definition) is 4. The Morgan fingerprint density at radius 1 is 1.30 bits per heavy atom. The Kier molecular flexibility index (Phi) is 3.28. The summed E-state index contributed by atoms with van der Waals surface area (Å²) in [6.07, 6.45) is 3.58. The number of rotatable bonds is 3. The molecule has 5 nitrogen and oxygen atoms in total. The van der Waals surface area contributed by atoms with E-state index in [1.54, 1.807) is 6.20 Å². The zero-order valence-corrected chi connectivity index (χ0v) is 12.0. The molecule has 6 heteroatoms. The highest BCUT2D eigenvalue weighted by Gasteiger charge is 2.11. The van der Waals surface area contributed by atoms with E-state index >= 15 is 0 Å². The Labute approximate surface area is 121 Å². The van der Waals surface area contributed by atoms with Gasteiger partial charge in [-0.25, -0.2) is 4.98 Å². The van der Waals surface area contributed by atoms with Gasteiger partial charge >= 0.3 is 0 Å². The molecule has 1 atom stereocenters. The van der Waals surface area contributed by atoms with Crippen molar-refractivity contribution in [1.29, 1.82) is 0 Å². The number of fused-ring (bicyclic) bond motifs is 1. The number of halogens is 1. The van der Waals surface area contributed by atoms with Crippen LogP contribution < -0.4 is 5.32 Å². The molecule has 20 heavy (non-hydrogen) atoms. The lowest BCUT2D eigenvalue weighted by molar-refractivity contribution is 0.872. The van der Waals surface area contributed by atoms with Gasteiger partial charge in [-0.05, 0) is 31.5 Å². The van der Waals surface area contributed by atoms with Gasteiger partial charge in [0.2, 0.25) is 5.65 Å². The predicted molar refractivity (Wildman–Crippen MR) is 79.0 cm³/mol. The summed E-state index contributed by atoms with van der Waals surface area (Å²) >= 11 is 6.02. The Morgan fingerprint density at radius 2 is 2.15 bits per heavy atom. The van der Waals surface area contributed by atoms with E-state index in [0.29, 0.717) is 5.82 Å². The van der Waals surface area contributed by atoms with E-state index in [1.165, 1.54) is 0 Å². The second-order valence-electron chi connectivity index (χ2n) is 4.64. The van der Waals surface area contributed by atoms with Crippen LogP contribution in [0.3, 0.4) is 0 Å². The molecule has 102 valence electrons. The summed E-state index contributed by atoms with van der Waals surface area (Å²) in [7, 11) is 0. The molecule has 3 rings (SSSR count). The summed E-state index contributed by atoms with van der Waals surface area (Å²) in [5.41, 5.74) is 1.82. The Hall–Kier alpha value is -2.14. The van der Waals surface area contributed by atoms with Crippen LogP contribution in [-0.4, -0.2) is 19.6 Å². The molecule has 0 spiro atoms. The topological polar surface area (TPSA) is 55.1 Å². The maximum absolute atomic E-state index is 6.02. The van der Waals surface area contributed by atoms with Crippen molar-refractivity contribution in [2.24, 2.45) is 0 Å². The van der Waals surface area contributed by atoms with Crippen LogP contribution >= 0.6 is 11.6 Å². The Balaban J connectivity index is 1.93. The van der Waals surface area contributed by atoms with Crippen LogP contribution in [0.15, 0.2) is 36.7 Å². The number of aromatic nitrogens is 4. The van der Waals surface area contributed by atoms with Gasteiger partial charge in [0.05, 0.1) is 6.04 Å². The molecular weight excluding hydrogens is 274 g/mol. The smallest absolute Gasteiger partial charge is 0.203 e. The van der Waals surface area contributed by atoms with Gasteiger partial charge in [-0.15, -0.1) is 10.2 Å². The van der Waals surface area contributed by atoms with Gasteiger partial charge in [0, 0.05) is 17.4 Å². The molecule has 0 radical (unpaired) electrons. The first-order chi connectivity index (χ1) is 9.65. The van der Waals surface area contributed by atoms with Gasteiger partial charge < -0.3 is 5.32 Å². The van der Waals surface area contributed by atoms with Gasteiger partial charge in [-0.1, -0.05) is 23.7 Å². The fourth-order valence-electron chi connectivity index (χ4n) is 2.11. The van der Waals surface area contributed by atoms with E-state index in [0.717, 1.165) is 22.1 Å². The van der Waals surface area contributed by atoms with Crippen molar-refractivity contribution in [3.8, 4) is 0 Å². The highest BCUT2D eigenvalue weighted by atomic mass is 35.5. The first-order valence-corrected chi connectivity index (χ1v) is 6.71. The SMILES string of the molecule is Cc1nnc2c(NC(C)c3cccc(Cl)c3)nccn12. The van der Waals surface area contributed by atoms with Gasteiger partial charge in [-0.2, -0.15) is 0 Å². The third kappa shape index (κ3) is 2.32. The van der Waals surface area contributed by atoms with Crippen molar-refractivity contribution in [2.45, 2.75) is 19.9 Å². The van der Waals surface area contributed by atoms with Gasteiger partial charge in [0.25, 0.3) is 0 Å². The van der Waals surface area contributed by atoms with Crippen molar-refractivity contribution in [2.75, 3.05) is 5.32 Å². The maximum atomic E-state index is 6.02. The number of nitrogens with zero attached hydrogens (tertiary/aromatic N) is 4. The number of aryl methyl sites for hydroxylation is 1. The second-order valence-corrected chi connectivity index (χ2v) is 5.07. The predicted octanol–water partition coefficient (Wildman–Crippen LogP) is 3.26. The molecular formula is C14H14ClN5. The largest absolute Gasteiger partial charge is 0.360 e. The molecule has 0 fully saturated rings. The van der Waals surface area contributed by atoms with E-state index in [9.17, 15) is 0 Å². The summed E-state index contributed by atoms with van der Waals surface area (Å²) < 4.78 is 1.90. The molecule has 0 saturated heterocycles. The second kappa shape index (κ2) is 5.09. The van der Waals surface area contributed by atoms with Gasteiger partial charge in [0.15, 0.2) is 5.82 Å². The Bertz CT molecular complexity index is 752. The lowest BCUT2D eigenvalue weighted by Crippen LogP contribution is -2.09. The van der Waals surface area contributed by atoms with Crippen LogP contribution in [0.25, 0.3) is 5.65 Å². The molecule has 0 aliphatic carbocycles. The molecule has 1 N–H and O–H groups in total. The van der Waals surface area contributed by atoms with Crippen LogP contribution in [0.2, 0.25) is 5.02 Å². The first kappa shape index (κ1) is 12.9. The molecule has 2 aromatic heterocycles. The molecule has 0 aliphatic heterocycles. The van der Waals surface area contributed by atoms with E-state index in [-0.39, 0.29) is 6.04 Å². The third-order valence-electron chi connectivity index (χ3n) is 3.20. The first-order valence-electron chi connectivity index (χ1n) is 6.33. The van der Waals surface area contributed by atoms with E-state index in [2.05, 4.69) is 27.4 Å². The van der Waals surface area contributed by atoms with Crippen LogP contribution in [0.5, 0.6) is 0 Å². The van der Waals surface area contributed by atoms with Gasteiger partial charge in [-0.3, -0.25) is 4.40 Å². The average molecular weight is 288 g/mol. The van der Waals surface area contributed by atoms with Gasteiger partial charge in [0.1, 0.15) is 5.82 Å². The lowest BCUT2D eigenvalue weighted by atomic mass is 10.1. The monoisotopic (exact) mass is 287 g/mol. The molecule has 3 aromatic rings. The summed E-state index contributed by atoms with van der Waals surface area (Å²) in [4.78, 5) is 4.34. The normalized spacial score (nSPS) is 12.6. The molecule has 1 unspecified atom stereocenters. The molecule has 0 bridgehead atoms. The number of benzene rings is 1. The van der Waals surface area contributed by atoms with Crippen LogP contribution in [0, 0.1) is 6.92 Å². The number of nitrogens with one attached hydrogen (secondary N) is 1. The highest BCUT2D eigenvalue weighted by molar-refractivity contribution is 6.30. The summed E-state index contributed by atoms with van der Waals surface area (Å²) in [5, 5.41) is 12.3. The lowest BCUT2D eigenvalue weighted by Gasteiger charge is -2.15. The minimum absolute atomic E-state index is 0.0735. The van der Waals surface area contributed by atoms with Crippen molar-refractivity contribution in [3.63, 3.8) is 0 Å². The van der Waals surface area contributed by atoms with Crippen molar-refractivity contribution >= 4 is 23.1 Å². The van der Waals surface area contributed by atoms with Crippen LogP contribution in [0.1, 0.15) is 24.4 Å². The average Bonchev–Trinajstić information content (AvgIpc) is 2.82. The minimum atomic E-state index is 0.0735. The zero-order valence-electron chi connectivity index (χ0n) is 11.2. The molecule has 0 amide bonds. The maximum Gasteiger partial charge on any atom is 0.203 e. The standard InChI is InChI=1S/C14H14ClN5/c1-9(11-4-3-5-12(15)8-11)17-13-14-19-18-10(2)20(14)7-6-16-13/h3-9H,1-2H3,(H,16,17). The molecule has 0 aliphatic rings. The molecule has 1 aromatic carbocycles. The number of anilines is 1. The molecule has 0 saturated carbocycles. The molecule has 2 heterocycles. The summed E-state index contributed by atoms with van der Waals surface area (Å²) in [5.74, 6) is 1.54. The van der Waals surface area contributed by atoms with E-state index in [4.69, 9.17) is 11.6 Å². The third-order valence-corrected chi connectivity index (χ3v) is 3.43. The van der Waals surface area contributed by atoms with E-state index in [1.807, 2.05) is 41.8 Å². The van der Waals surface area contributed by atoms with Crippen LogP contribution in [0.4, 0.5) is 5.82 Å². The van der Waals surface area contributed by atoms with Crippen LogP contribution in [-0.2, 0) is 0 Å². The number of hydrogen-bond donors (Lipinski definition) is 1.